The standard InChI is InChI=1S/C14H20N2O2S/c1-3-11-8-18-9(2)6-16(11)14-15-13(10-4-5-10)12(7-17)19-14/h7,9-11H,3-6,8H2,1-2H3. The van der Waals surface area contributed by atoms with Crippen LogP contribution in [0.15, 0.2) is 0 Å². The average Bonchev–Trinajstić information content (AvgIpc) is 3.18. The molecule has 0 amide bonds. The van der Waals surface area contributed by atoms with Crippen molar-refractivity contribution in [3.63, 3.8) is 0 Å². The van der Waals surface area contributed by atoms with Crippen molar-refractivity contribution in [2.24, 2.45) is 0 Å². The number of hydrogen-bond acceptors (Lipinski definition) is 5. The lowest BCUT2D eigenvalue weighted by atomic mass is 10.1. The summed E-state index contributed by atoms with van der Waals surface area (Å²) < 4.78 is 5.72. The average molecular weight is 280 g/mol. The van der Waals surface area contributed by atoms with Gasteiger partial charge in [0.05, 0.1) is 29.3 Å². The van der Waals surface area contributed by atoms with Crippen molar-refractivity contribution >= 4 is 22.8 Å². The highest BCUT2D eigenvalue weighted by molar-refractivity contribution is 7.17. The molecule has 0 radical (unpaired) electrons. The summed E-state index contributed by atoms with van der Waals surface area (Å²) in [5, 5.41) is 1.01. The number of rotatable bonds is 4. The molecule has 1 aliphatic carbocycles. The van der Waals surface area contributed by atoms with Gasteiger partial charge in [-0.2, -0.15) is 0 Å². The van der Waals surface area contributed by atoms with Crippen LogP contribution in [0.5, 0.6) is 0 Å². The number of hydrogen-bond donors (Lipinski definition) is 0. The Kier molecular flexibility index (Phi) is 3.58. The summed E-state index contributed by atoms with van der Waals surface area (Å²) in [6.45, 7) is 5.89. The quantitative estimate of drug-likeness (QED) is 0.795. The zero-order chi connectivity index (χ0) is 13.4. The van der Waals surface area contributed by atoms with Gasteiger partial charge in [-0.05, 0) is 26.2 Å². The molecule has 2 heterocycles. The Morgan fingerprint density at radius 2 is 2.32 bits per heavy atom. The summed E-state index contributed by atoms with van der Waals surface area (Å²) in [7, 11) is 0. The molecule has 2 unspecified atom stereocenters. The van der Waals surface area contributed by atoms with Crippen molar-refractivity contribution in [1.29, 1.82) is 0 Å². The normalized spacial score (nSPS) is 27.6. The first-order valence-electron chi connectivity index (χ1n) is 7.07. The zero-order valence-corrected chi connectivity index (χ0v) is 12.3. The first-order valence-corrected chi connectivity index (χ1v) is 7.88. The molecule has 1 aromatic heterocycles. The van der Waals surface area contributed by atoms with Gasteiger partial charge in [-0.3, -0.25) is 4.79 Å². The lowest BCUT2D eigenvalue weighted by molar-refractivity contribution is 0.0299. The van der Waals surface area contributed by atoms with Crippen LogP contribution in [0.1, 0.15) is 54.4 Å². The van der Waals surface area contributed by atoms with Crippen LogP contribution >= 0.6 is 11.3 Å². The van der Waals surface area contributed by atoms with E-state index in [2.05, 4.69) is 18.7 Å². The Hall–Kier alpha value is -0.940. The molecular weight excluding hydrogens is 260 g/mol. The van der Waals surface area contributed by atoms with Gasteiger partial charge in [-0.25, -0.2) is 4.98 Å². The Morgan fingerprint density at radius 3 is 2.95 bits per heavy atom. The summed E-state index contributed by atoms with van der Waals surface area (Å²) in [4.78, 5) is 19.1. The van der Waals surface area contributed by atoms with Crippen LogP contribution in [0.3, 0.4) is 0 Å². The number of carbonyl (C=O) groups is 1. The molecule has 4 nitrogen and oxygen atoms in total. The van der Waals surface area contributed by atoms with Gasteiger partial charge in [0.15, 0.2) is 11.4 Å². The molecule has 1 aliphatic heterocycles. The first-order chi connectivity index (χ1) is 9.22. The van der Waals surface area contributed by atoms with Crippen LogP contribution in [-0.4, -0.2) is 36.6 Å². The Balaban J connectivity index is 1.88. The van der Waals surface area contributed by atoms with Gasteiger partial charge in [-0.15, -0.1) is 0 Å². The van der Waals surface area contributed by atoms with E-state index in [1.807, 2.05) is 0 Å². The largest absolute Gasteiger partial charge is 0.375 e. The number of nitrogens with zero attached hydrogens (tertiary/aromatic N) is 2. The number of ether oxygens (including phenoxy) is 1. The van der Waals surface area contributed by atoms with Gasteiger partial charge < -0.3 is 9.64 Å². The Bertz CT molecular complexity index is 470. The van der Waals surface area contributed by atoms with Crippen LogP contribution in [0.2, 0.25) is 0 Å². The fraction of sp³-hybridized carbons (Fsp3) is 0.714. The highest BCUT2D eigenvalue weighted by atomic mass is 32.1. The molecule has 0 spiro atoms. The molecule has 2 fully saturated rings. The fourth-order valence-corrected chi connectivity index (χ4v) is 3.65. The van der Waals surface area contributed by atoms with E-state index in [4.69, 9.17) is 9.72 Å². The van der Waals surface area contributed by atoms with Crippen molar-refractivity contribution in [3.05, 3.63) is 10.6 Å². The zero-order valence-electron chi connectivity index (χ0n) is 11.5. The van der Waals surface area contributed by atoms with E-state index < -0.39 is 0 Å². The van der Waals surface area contributed by atoms with E-state index in [9.17, 15) is 4.79 Å². The highest BCUT2D eigenvalue weighted by Gasteiger charge is 2.33. The fourth-order valence-electron chi connectivity index (χ4n) is 2.60. The molecule has 1 saturated heterocycles. The maximum atomic E-state index is 11.2. The van der Waals surface area contributed by atoms with E-state index in [1.165, 1.54) is 12.8 Å². The summed E-state index contributed by atoms with van der Waals surface area (Å²) in [5.74, 6) is 0.531. The van der Waals surface area contributed by atoms with Gasteiger partial charge in [0, 0.05) is 12.5 Å². The molecule has 1 aromatic rings. The number of aldehydes is 1. The van der Waals surface area contributed by atoms with Crippen molar-refractivity contribution < 1.29 is 9.53 Å². The first kappa shape index (κ1) is 13.1. The Morgan fingerprint density at radius 1 is 1.53 bits per heavy atom. The minimum Gasteiger partial charge on any atom is -0.375 e. The predicted molar refractivity (Wildman–Crippen MR) is 76.3 cm³/mol. The van der Waals surface area contributed by atoms with Gasteiger partial charge >= 0.3 is 0 Å². The number of aromatic nitrogens is 1. The summed E-state index contributed by atoms with van der Waals surface area (Å²) in [6, 6.07) is 0.383. The van der Waals surface area contributed by atoms with Crippen molar-refractivity contribution in [3.8, 4) is 0 Å². The van der Waals surface area contributed by atoms with E-state index >= 15 is 0 Å². The smallest absolute Gasteiger partial charge is 0.186 e. The maximum absolute atomic E-state index is 11.2. The van der Waals surface area contributed by atoms with Crippen molar-refractivity contribution in [2.75, 3.05) is 18.1 Å². The third-order valence-corrected chi connectivity index (χ3v) is 4.96. The molecule has 2 atom stereocenters. The minimum atomic E-state index is 0.232. The molecule has 5 heteroatoms. The van der Waals surface area contributed by atoms with E-state index in [-0.39, 0.29) is 6.10 Å². The van der Waals surface area contributed by atoms with E-state index in [0.717, 1.165) is 41.6 Å². The van der Waals surface area contributed by atoms with Gasteiger partial charge in [0.1, 0.15) is 0 Å². The molecular formula is C14H20N2O2S. The summed E-state index contributed by atoms with van der Waals surface area (Å²) in [6.07, 6.45) is 4.61. The third-order valence-electron chi connectivity index (χ3n) is 3.93. The molecule has 19 heavy (non-hydrogen) atoms. The molecule has 2 aliphatic rings. The minimum absolute atomic E-state index is 0.232. The lowest BCUT2D eigenvalue weighted by Gasteiger charge is -2.38. The van der Waals surface area contributed by atoms with Gasteiger partial charge in [-0.1, -0.05) is 18.3 Å². The van der Waals surface area contributed by atoms with Crippen LogP contribution in [0.25, 0.3) is 0 Å². The van der Waals surface area contributed by atoms with E-state index in [0.29, 0.717) is 12.0 Å². The molecule has 0 N–H and O–H groups in total. The second-order valence-corrected chi connectivity index (χ2v) is 6.51. The number of thiazole rings is 1. The topological polar surface area (TPSA) is 42.4 Å². The second-order valence-electron chi connectivity index (χ2n) is 5.50. The maximum Gasteiger partial charge on any atom is 0.186 e. The highest BCUT2D eigenvalue weighted by Crippen LogP contribution is 2.44. The monoisotopic (exact) mass is 280 g/mol. The lowest BCUT2D eigenvalue weighted by Crippen LogP contribution is -2.48. The second kappa shape index (κ2) is 5.21. The third kappa shape index (κ3) is 2.54. The van der Waals surface area contributed by atoms with Crippen LogP contribution in [0, 0.1) is 0 Å². The molecule has 3 rings (SSSR count). The summed E-state index contributed by atoms with van der Waals surface area (Å²) >= 11 is 1.55. The molecule has 0 aromatic carbocycles. The van der Waals surface area contributed by atoms with Crippen LogP contribution < -0.4 is 4.90 Å². The number of carbonyl (C=O) groups excluding carboxylic acids is 1. The summed E-state index contributed by atoms with van der Waals surface area (Å²) in [5.41, 5.74) is 1.03. The number of morpholine rings is 1. The van der Waals surface area contributed by atoms with Crippen LogP contribution in [-0.2, 0) is 4.74 Å². The van der Waals surface area contributed by atoms with Gasteiger partial charge in [0.2, 0.25) is 0 Å². The van der Waals surface area contributed by atoms with Crippen LogP contribution in [0.4, 0.5) is 5.13 Å². The van der Waals surface area contributed by atoms with Crippen molar-refractivity contribution in [1.82, 2.24) is 4.98 Å². The predicted octanol–water partition coefficient (Wildman–Crippen LogP) is 2.84. The molecule has 0 bridgehead atoms. The molecule has 104 valence electrons. The van der Waals surface area contributed by atoms with Gasteiger partial charge in [0.25, 0.3) is 0 Å². The van der Waals surface area contributed by atoms with E-state index in [1.54, 1.807) is 11.3 Å². The molecule has 1 saturated carbocycles. The SMILES string of the molecule is CCC1COC(C)CN1c1nc(C2CC2)c(C=O)s1. The number of anilines is 1. The Labute approximate surface area is 117 Å². The van der Waals surface area contributed by atoms with Crippen molar-refractivity contribution in [2.45, 2.75) is 51.2 Å².